The fourth-order valence-corrected chi connectivity index (χ4v) is 9.18. The molecule has 4 heterocycles. The van der Waals surface area contributed by atoms with Crippen LogP contribution in [0.15, 0.2) is 30.4 Å². The lowest BCUT2D eigenvalue weighted by Crippen LogP contribution is -2.46. The fourth-order valence-electron chi connectivity index (χ4n) is 9.18. The Hall–Kier alpha value is -4.43. The quantitative estimate of drug-likeness (QED) is 0.0462. The predicted molar refractivity (Wildman–Crippen MR) is 321 cm³/mol. The Morgan fingerprint density at radius 1 is 0.581 bits per heavy atom. The van der Waals surface area contributed by atoms with Crippen LogP contribution < -0.4 is 11.1 Å². The third kappa shape index (κ3) is 29.3. The van der Waals surface area contributed by atoms with Crippen molar-refractivity contribution in [3.05, 3.63) is 41.7 Å². The first kappa shape index (κ1) is 72.3. The number of nitrogens with one attached hydrogen (secondary N) is 1. The topological polar surface area (TPSA) is 290 Å². The summed E-state index contributed by atoms with van der Waals surface area (Å²) in [5.74, 6) is 0.412. The number of ether oxygens (including phenoxy) is 13. The number of aromatic nitrogens is 3. The summed E-state index contributed by atoms with van der Waals surface area (Å²) in [5.41, 5.74) is 9.18. The number of anilines is 1. The van der Waals surface area contributed by atoms with Gasteiger partial charge in [-0.15, -0.1) is 0 Å². The lowest BCUT2D eigenvalue weighted by molar-refractivity contribution is -0.137. The summed E-state index contributed by atoms with van der Waals surface area (Å²) in [7, 11) is 0. The molecule has 3 aromatic rings. The Labute approximate surface area is 507 Å². The summed E-state index contributed by atoms with van der Waals surface area (Å²) in [4.78, 5) is 51.0. The van der Waals surface area contributed by atoms with Gasteiger partial charge in [0.15, 0.2) is 5.82 Å². The molecule has 26 nitrogen and oxygen atoms in total. The zero-order valence-electron chi connectivity index (χ0n) is 51.3. The van der Waals surface area contributed by atoms with E-state index in [4.69, 9.17) is 77.3 Å². The summed E-state index contributed by atoms with van der Waals surface area (Å²) in [5, 5.41) is 24.2. The van der Waals surface area contributed by atoms with Crippen molar-refractivity contribution in [1.29, 1.82) is 0 Å². The van der Waals surface area contributed by atoms with Crippen LogP contribution in [0.2, 0.25) is 0 Å². The molecule has 86 heavy (non-hydrogen) atoms. The van der Waals surface area contributed by atoms with Gasteiger partial charge in [-0.2, -0.15) is 0 Å². The number of benzene rings is 1. The molecular weight excluding hydrogens is 1120 g/mol. The molecular formula is C60H100N8O18. The Morgan fingerprint density at radius 3 is 1.48 bits per heavy atom. The van der Waals surface area contributed by atoms with Crippen LogP contribution in [0.1, 0.15) is 50.9 Å². The predicted octanol–water partition coefficient (Wildman–Crippen LogP) is 1.66. The lowest BCUT2D eigenvalue weighted by atomic mass is 9.92. The van der Waals surface area contributed by atoms with E-state index in [-0.39, 0.29) is 50.7 Å². The van der Waals surface area contributed by atoms with Gasteiger partial charge >= 0.3 is 0 Å². The number of aliphatic hydroxyl groups excluding tert-OH is 2. The van der Waals surface area contributed by atoms with Gasteiger partial charge in [0.2, 0.25) is 5.91 Å². The van der Waals surface area contributed by atoms with Gasteiger partial charge < -0.3 is 97.2 Å². The monoisotopic (exact) mass is 1220 g/mol. The number of aliphatic hydroxyl groups is 2. The molecule has 5 N–H and O–H groups in total. The maximum atomic E-state index is 12.3. The number of hydrogen-bond donors (Lipinski definition) is 4. The average molecular weight is 1220 g/mol. The van der Waals surface area contributed by atoms with Crippen molar-refractivity contribution in [3.63, 3.8) is 0 Å². The molecule has 0 radical (unpaired) electrons. The van der Waals surface area contributed by atoms with Crippen LogP contribution >= 0.6 is 0 Å². The first-order valence-corrected chi connectivity index (χ1v) is 30.7. The van der Waals surface area contributed by atoms with Crippen LogP contribution in [0, 0.1) is 5.41 Å². The Balaban J connectivity index is 0.702. The molecule has 1 saturated heterocycles. The number of imide groups is 1. The van der Waals surface area contributed by atoms with E-state index in [1.54, 1.807) is 0 Å². The summed E-state index contributed by atoms with van der Waals surface area (Å²) < 4.78 is 73.8. The van der Waals surface area contributed by atoms with Crippen molar-refractivity contribution in [2.45, 2.75) is 59.1 Å². The number of nitrogen functional groups attached to an aromatic ring is 1. The second-order valence-electron chi connectivity index (χ2n) is 21.0. The van der Waals surface area contributed by atoms with Crippen molar-refractivity contribution >= 4 is 45.5 Å². The minimum absolute atomic E-state index is 0.000124. The summed E-state index contributed by atoms with van der Waals surface area (Å²) >= 11 is 0. The number of imidazole rings is 1. The molecule has 0 spiro atoms. The number of carbonyl (C=O) groups excluding carboxylic acids is 3. The van der Waals surface area contributed by atoms with E-state index in [0.717, 1.165) is 86.3 Å². The van der Waals surface area contributed by atoms with Gasteiger partial charge in [0.05, 0.1) is 189 Å². The van der Waals surface area contributed by atoms with Gasteiger partial charge in [-0.25, -0.2) is 9.97 Å². The van der Waals surface area contributed by atoms with E-state index in [0.29, 0.717) is 195 Å². The van der Waals surface area contributed by atoms with E-state index in [1.165, 1.54) is 17.7 Å². The Bertz CT molecular complexity index is 2320. The van der Waals surface area contributed by atoms with E-state index in [2.05, 4.69) is 33.3 Å². The minimum atomic E-state index is -0.752. The summed E-state index contributed by atoms with van der Waals surface area (Å²) in [6.45, 7) is 22.2. The SMILES string of the molecule is CCOCc1nc2c(N)nc3cc(CCCN4CCN(CCCCNC(=O)CCOCCOCCOCCOCCOCCOCCOCCOCCOCCOCCOCCOCCN5C(=O)C=CC5=O)CC4)ccc3c2n1CC(C)(CO)CO. The van der Waals surface area contributed by atoms with Crippen molar-refractivity contribution in [3.8, 4) is 0 Å². The van der Waals surface area contributed by atoms with Crippen molar-refractivity contribution < 1.29 is 86.2 Å². The second-order valence-corrected chi connectivity index (χ2v) is 21.0. The molecule has 2 aromatic heterocycles. The molecule has 0 saturated carbocycles. The van der Waals surface area contributed by atoms with Crippen LogP contribution in [0.5, 0.6) is 0 Å². The number of amides is 3. The largest absolute Gasteiger partial charge is 0.396 e. The van der Waals surface area contributed by atoms with Gasteiger partial charge in [-0.3, -0.25) is 19.3 Å². The Kier molecular flexibility index (Phi) is 37.8. The number of nitrogens with two attached hydrogens (primary N) is 1. The van der Waals surface area contributed by atoms with Crippen LogP contribution in [0.3, 0.4) is 0 Å². The first-order valence-electron chi connectivity index (χ1n) is 30.7. The van der Waals surface area contributed by atoms with Crippen LogP contribution in [-0.2, 0) is 95.5 Å². The fraction of sp³-hybridized carbons (Fsp3) is 0.750. The molecule has 26 heteroatoms. The summed E-state index contributed by atoms with van der Waals surface area (Å²) in [6.07, 6.45) is 6.76. The van der Waals surface area contributed by atoms with E-state index >= 15 is 0 Å². The number of aryl methyl sites for hydroxylation is 1. The third-order valence-corrected chi connectivity index (χ3v) is 14.1. The molecule has 0 bridgehead atoms. The van der Waals surface area contributed by atoms with Gasteiger partial charge in [0.1, 0.15) is 17.9 Å². The number of nitrogens with zero attached hydrogens (tertiary/aromatic N) is 6. The maximum absolute atomic E-state index is 12.3. The van der Waals surface area contributed by atoms with Gasteiger partial charge in [-0.1, -0.05) is 19.1 Å². The zero-order chi connectivity index (χ0) is 61.1. The van der Waals surface area contributed by atoms with Crippen LogP contribution in [0.25, 0.3) is 21.9 Å². The van der Waals surface area contributed by atoms with Crippen molar-refractivity contribution in [2.24, 2.45) is 5.41 Å². The molecule has 0 unspecified atom stereocenters. The number of carbonyl (C=O) groups is 3. The highest BCUT2D eigenvalue weighted by atomic mass is 16.6. The third-order valence-electron chi connectivity index (χ3n) is 14.1. The molecule has 3 amide bonds. The first-order chi connectivity index (χ1) is 42.1. The number of unbranched alkanes of at least 4 members (excludes halogenated alkanes) is 1. The number of pyridine rings is 1. The van der Waals surface area contributed by atoms with Gasteiger partial charge in [0, 0.05) is 75.2 Å². The highest BCUT2D eigenvalue weighted by Crippen LogP contribution is 2.32. The Morgan fingerprint density at radius 2 is 1.02 bits per heavy atom. The average Bonchev–Trinajstić information content (AvgIpc) is 1.60. The smallest absolute Gasteiger partial charge is 0.253 e. The highest BCUT2D eigenvalue weighted by Gasteiger charge is 2.28. The molecule has 1 aromatic carbocycles. The molecule has 2 aliphatic heterocycles. The lowest BCUT2D eigenvalue weighted by Gasteiger charge is -2.34. The van der Waals surface area contributed by atoms with E-state index in [1.807, 2.05) is 18.4 Å². The van der Waals surface area contributed by atoms with Gasteiger partial charge in [-0.05, 0) is 57.3 Å². The zero-order valence-corrected chi connectivity index (χ0v) is 51.3. The highest BCUT2D eigenvalue weighted by molar-refractivity contribution is 6.12. The molecule has 5 rings (SSSR count). The van der Waals surface area contributed by atoms with Crippen molar-refractivity contribution in [2.75, 3.05) is 236 Å². The second kappa shape index (κ2) is 44.9. The van der Waals surface area contributed by atoms with E-state index < -0.39 is 5.41 Å². The molecule has 0 aliphatic carbocycles. The number of piperazine rings is 1. The van der Waals surface area contributed by atoms with Crippen molar-refractivity contribution in [1.82, 2.24) is 34.6 Å². The summed E-state index contributed by atoms with van der Waals surface area (Å²) in [6, 6.07) is 6.36. The maximum Gasteiger partial charge on any atom is 0.253 e. The van der Waals surface area contributed by atoms with Gasteiger partial charge in [0.25, 0.3) is 11.8 Å². The number of hydrogen-bond acceptors (Lipinski definition) is 23. The minimum Gasteiger partial charge on any atom is -0.396 e. The normalized spacial score (nSPS) is 14.3. The number of fused-ring (bicyclic) bond motifs is 3. The molecule has 2 aliphatic rings. The number of rotatable bonds is 55. The molecule has 488 valence electrons. The molecule has 0 atom stereocenters. The van der Waals surface area contributed by atoms with Crippen LogP contribution in [0.4, 0.5) is 5.82 Å². The van der Waals surface area contributed by atoms with Crippen LogP contribution in [-0.4, -0.2) is 288 Å². The standard InChI is InChI=1S/C60H100N8O18/c1-3-74-46-53-64-57-58(68(53)47-60(2,48-69)49-70)51-9-8-50(45-52(51)63-59(57)61)7-6-15-66-18-16-65(17-19-66)14-5-4-13-62-54(71)12-21-75-23-25-77-27-29-79-31-33-81-35-37-83-39-41-85-43-44-86-42-40-84-38-36-82-34-32-80-30-28-78-26-24-76-22-20-67-55(72)10-11-56(67)73/h8-11,45,69-70H,3-7,12-44,46-49H2,1-2H3,(H2,61,63)(H,62,71). The molecule has 1 fully saturated rings. The van der Waals surface area contributed by atoms with E-state index in [9.17, 15) is 24.6 Å².